The van der Waals surface area contributed by atoms with Gasteiger partial charge < -0.3 is 20.1 Å². The lowest BCUT2D eigenvalue weighted by Crippen LogP contribution is -2.33. The molecule has 1 saturated heterocycles. The molecule has 8 heteroatoms. The summed E-state index contributed by atoms with van der Waals surface area (Å²) in [7, 11) is 0. The minimum atomic E-state index is -0.900. The third-order valence-corrected chi connectivity index (χ3v) is 2.66. The van der Waals surface area contributed by atoms with Crippen LogP contribution in [0.25, 0.3) is 0 Å². The van der Waals surface area contributed by atoms with Gasteiger partial charge in [0.1, 0.15) is 18.7 Å². The van der Waals surface area contributed by atoms with E-state index in [0.29, 0.717) is 0 Å². The van der Waals surface area contributed by atoms with Crippen molar-refractivity contribution in [2.24, 2.45) is 5.73 Å². The van der Waals surface area contributed by atoms with Crippen LogP contribution in [0.15, 0.2) is 0 Å². The molecule has 2 N–H and O–H groups in total. The molecule has 0 aromatic carbocycles. The van der Waals surface area contributed by atoms with E-state index in [1.807, 2.05) is 0 Å². The molecular formula is C11H16N2O6. The number of esters is 2. The minimum Gasteiger partial charge on any atom is -0.462 e. The van der Waals surface area contributed by atoms with Crippen LogP contribution in [0.1, 0.15) is 20.8 Å². The van der Waals surface area contributed by atoms with E-state index in [1.54, 1.807) is 0 Å². The Balaban J connectivity index is 2.79. The first-order valence-electron chi connectivity index (χ1n) is 5.64. The summed E-state index contributed by atoms with van der Waals surface area (Å²) in [5, 5.41) is 0. The van der Waals surface area contributed by atoms with E-state index in [0.717, 1.165) is 0 Å². The maximum absolute atomic E-state index is 11.3. The van der Waals surface area contributed by atoms with Gasteiger partial charge >= 0.3 is 11.9 Å². The number of ether oxygens (including phenoxy) is 2. The van der Waals surface area contributed by atoms with Gasteiger partial charge in [-0.1, -0.05) is 0 Å². The summed E-state index contributed by atoms with van der Waals surface area (Å²) >= 11 is 0. The number of primary amides is 1. The third-order valence-electron chi connectivity index (χ3n) is 2.66. The Hall–Kier alpha value is -2.12. The van der Waals surface area contributed by atoms with Crippen molar-refractivity contribution < 1.29 is 28.7 Å². The van der Waals surface area contributed by atoms with Gasteiger partial charge in [0.15, 0.2) is 6.10 Å². The molecule has 1 rings (SSSR count). The van der Waals surface area contributed by atoms with Crippen LogP contribution in [0.3, 0.4) is 0 Å². The van der Waals surface area contributed by atoms with Gasteiger partial charge in [-0.2, -0.15) is 0 Å². The van der Waals surface area contributed by atoms with E-state index >= 15 is 0 Å². The average Bonchev–Trinajstić information content (AvgIpc) is 2.98. The molecule has 0 saturated carbocycles. The fraction of sp³-hybridized carbons (Fsp3) is 0.636. The predicted molar refractivity (Wildman–Crippen MR) is 61.5 cm³/mol. The van der Waals surface area contributed by atoms with Crippen molar-refractivity contribution in [3.8, 4) is 0 Å². The Labute approximate surface area is 109 Å². The first-order valence-corrected chi connectivity index (χ1v) is 5.64. The molecule has 1 aliphatic rings. The molecule has 0 bridgehead atoms. The molecule has 0 aromatic heterocycles. The number of carbonyl (C=O) groups is 4. The second-order valence-electron chi connectivity index (χ2n) is 4.21. The number of nitrogens with two attached hydrogens (primary N) is 1. The van der Waals surface area contributed by atoms with E-state index in [2.05, 4.69) is 0 Å². The van der Waals surface area contributed by atoms with Crippen molar-refractivity contribution in [3.05, 3.63) is 0 Å². The van der Waals surface area contributed by atoms with Gasteiger partial charge in [-0.25, -0.2) is 0 Å². The molecule has 0 aliphatic carbocycles. The van der Waals surface area contributed by atoms with Gasteiger partial charge in [-0.05, 0) is 0 Å². The zero-order valence-electron chi connectivity index (χ0n) is 10.9. The van der Waals surface area contributed by atoms with Gasteiger partial charge in [-0.3, -0.25) is 19.2 Å². The standard InChI is InChI=1S/C11H16N2O6/c1-5(14)13-9(10(13)11(12)17)8(19-7(3)16)4-18-6(2)15/h8-10H,4H2,1-3H3,(H2,12,17)/t8-,9+,10+,13?/m1/s1. The summed E-state index contributed by atoms with van der Waals surface area (Å²) in [5.74, 6) is -2.22. The summed E-state index contributed by atoms with van der Waals surface area (Å²) in [6.45, 7) is 3.42. The molecule has 19 heavy (non-hydrogen) atoms. The fourth-order valence-electron chi connectivity index (χ4n) is 1.96. The molecule has 8 nitrogen and oxygen atoms in total. The van der Waals surface area contributed by atoms with E-state index in [-0.39, 0.29) is 12.5 Å². The van der Waals surface area contributed by atoms with Gasteiger partial charge in [0.05, 0.1) is 0 Å². The van der Waals surface area contributed by atoms with Crippen LogP contribution in [0, 0.1) is 0 Å². The maximum Gasteiger partial charge on any atom is 0.303 e. The monoisotopic (exact) mass is 272 g/mol. The SMILES string of the molecule is CC(=O)OC[C@@H](OC(C)=O)[C@H]1[C@@H](C(N)=O)N1C(C)=O. The van der Waals surface area contributed by atoms with Crippen molar-refractivity contribution in [2.75, 3.05) is 6.61 Å². The van der Waals surface area contributed by atoms with Crippen molar-refractivity contribution >= 4 is 23.8 Å². The molecule has 1 aliphatic heterocycles. The van der Waals surface area contributed by atoms with Gasteiger partial charge in [0.25, 0.3) is 0 Å². The summed E-state index contributed by atoms with van der Waals surface area (Å²) < 4.78 is 9.72. The Morgan fingerprint density at radius 1 is 1.16 bits per heavy atom. The molecule has 0 radical (unpaired) electrons. The van der Waals surface area contributed by atoms with E-state index < -0.39 is 36.0 Å². The van der Waals surface area contributed by atoms with Crippen LogP contribution >= 0.6 is 0 Å². The number of amides is 2. The van der Waals surface area contributed by atoms with Gasteiger partial charge in [-0.15, -0.1) is 0 Å². The summed E-state index contributed by atoms with van der Waals surface area (Å²) in [4.78, 5) is 45.5. The topological polar surface area (TPSA) is 116 Å². The second kappa shape index (κ2) is 5.68. The van der Waals surface area contributed by atoms with Crippen LogP contribution in [0.4, 0.5) is 0 Å². The number of carbonyl (C=O) groups excluding carboxylic acids is 4. The van der Waals surface area contributed by atoms with Crippen LogP contribution in [-0.4, -0.2) is 53.4 Å². The third kappa shape index (κ3) is 3.67. The lowest BCUT2D eigenvalue weighted by atomic mass is 10.2. The molecule has 0 spiro atoms. The van der Waals surface area contributed by atoms with E-state index in [9.17, 15) is 19.2 Å². The van der Waals surface area contributed by atoms with Crippen LogP contribution in [0.5, 0.6) is 0 Å². The molecule has 1 heterocycles. The molecule has 0 aromatic rings. The molecule has 1 fully saturated rings. The lowest BCUT2D eigenvalue weighted by molar-refractivity contribution is -0.157. The first kappa shape index (κ1) is 14.9. The van der Waals surface area contributed by atoms with Gasteiger partial charge in [0.2, 0.25) is 11.8 Å². The zero-order valence-corrected chi connectivity index (χ0v) is 10.9. The van der Waals surface area contributed by atoms with E-state index in [1.165, 1.54) is 25.7 Å². The highest BCUT2D eigenvalue weighted by Gasteiger charge is 2.58. The maximum atomic E-state index is 11.3. The van der Waals surface area contributed by atoms with Crippen molar-refractivity contribution in [2.45, 2.75) is 39.0 Å². The number of nitrogens with zero attached hydrogens (tertiary/aromatic N) is 1. The number of hydrogen-bond donors (Lipinski definition) is 1. The fourth-order valence-corrected chi connectivity index (χ4v) is 1.96. The normalized spacial score (nSPS) is 22.4. The van der Waals surface area contributed by atoms with Crippen LogP contribution in [-0.2, 0) is 28.7 Å². The highest BCUT2D eigenvalue weighted by molar-refractivity contribution is 5.92. The summed E-state index contributed by atoms with van der Waals surface area (Å²) in [6.07, 6.45) is -0.900. The summed E-state index contributed by atoms with van der Waals surface area (Å²) in [6, 6.07) is -1.52. The average molecular weight is 272 g/mol. The largest absolute Gasteiger partial charge is 0.462 e. The highest BCUT2D eigenvalue weighted by atomic mass is 16.6. The van der Waals surface area contributed by atoms with E-state index in [4.69, 9.17) is 15.2 Å². The summed E-state index contributed by atoms with van der Waals surface area (Å²) in [5.41, 5.74) is 5.16. The zero-order chi connectivity index (χ0) is 14.7. The Morgan fingerprint density at radius 2 is 1.74 bits per heavy atom. The van der Waals surface area contributed by atoms with Gasteiger partial charge in [0, 0.05) is 20.8 Å². The Morgan fingerprint density at radius 3 is 2.05 bits per heavy atom. The Bertz CT molecular complexity index is 401. The second-order valence-corrected chi connectivity index (χ2v) is 4.21. The molecule has 3 atom stereocenters. The number of rotatable bonds is 5. The smallest absolute Gasteiger partial charge is 0.303 e. The molecule has 2 amide bonds. The van der Waals surface area contributed by atoms with Crippen molar-refractivity contribution in [3.63, 3.8) is 0 Å². The predicted octanol–water partition coefficient (Wildman–Crippen LogP) is -1.43. The first-order chi connectivity index (χ1) is 8.75. The molecule has 0 unspecified atom stereocenters. The van der Waals surface area contributed by atoms with Crippen LogP contribution in [0.2, 0.25) is 0 Å². The highest BCUT2D eigenvalue weighted by Crippen LogP contribution is 2.32. The lowest BCUT2D eigenvalue weighted by Gasteiger charge is -2.16. The Kier molecular flexibility index (Phi) is 4.47. The minimum absolute atomic E-state index is 0.229. The number of hydrogen-bond acceptors (Lipinski definition) is 6. The van der Waals surface area contributed by atoms with Crippen LogP contribution < -0.4 is 5.73 Å². The quantitative estimate of drug-likeness (QED) is 0.484. The van der Waals surface area contributed by atoms with Crippen molar-refractivity contribution in [1.29, 1.82) is 0 Å². The molecule has 106 valence electrons. The molecular weight excluding hydrogens is 256 g/mol. The van der Waals surface area contributed by atoms with Crippen molar-refractivity contribution in [1.82, 2.24) is 4.90 Å².